The van der Waals surface area contributed by atoms with E-state index in [1.807, 2.05) is 31.2 Å². The zero-order valence-corrected chi connectivity index (χ0v) is 17.7. The van der Waals surface area contributed by atoms with Gasteiger partial charge in [-0.1, -0.05) is 0 Å². The van der Waals surface area contributed by atoms with Crippen molar-refractivity contribution in [3.8, 4) is 6.07 Å². The second-order valence-corrected chi connectivity index (χ2v) is 6.24. The molecule has 0 aliphatic heterocycles. The van der Waals surface area contributed by atoms with E-state index < -0.39 is 10.8 Å². The van der Waals surface area contributed by atoms with E-state index in [0.29, 0.717) is 5.69 Å². The van der Waals surface area contributed by atoms with Crippen molar-refractivity contribution in [2.75, 3.05) is 28.6 Å². The van der Waals surface area contributed by atoms with Crippen LogP contribution in [0, 0.1) is 28.4 Å². The van der Waals surface area contributed by atoms with Gasteiger partial charge in [-0.3, -0.25) is 14.9 Å². The molecule has 2 rings (SSSR count). The number of halogens is 1. The molecular weight excluding hydrogens is 406 g/mol. The molecule has 1 amide bonds. The third-order valence-corrected chi connectivity index (χ3v) is 4.41. The number of hydrogen-bond acceptors (Lipinski definition) is 6. The maximum atomic E-state index is 12.3. The Morgan fingerprint density at radius 1 is 1.20 bits per heavy atom. The summed E-state index contributed by atoms with van der Waals surface area (Å²) in [4.78, 5) is 24.7. The number of rotatable bonds is 8. The number of nitriles is 1. The van der Waals surface area contributed by atoms with Gasteiger partial charge in [-0.05, 0) is 56.7 Å². The maximum Gasteiger partial charge on any atom is 0.269 e. The van der Waals surface area contributed by atoms with Gasteiger partial charge in [0.25, 0.3) is 11.6 Å². The average Bonchev–Trinajstić information content (AvgIpc) is 2.71. The van der Waals surface area contributed by atoms with E-state index in [1.165, 1.54) is 30.5 Å². The smallest absolute Gasteiger partial charge is 0.269 e. The van der Waals surface area contributed by atoms with Crippen molar-refractivity contribution in [3.05, 3.63) is 69.9 Å². The summed E-state index contributed by atoms with van der Waals surface area (Å²) in [5, 5.41) is 25.5. The van der Waals surface area contributed by atoms with Crippen LogP contribution in [0.15, 0.2) is 54.2 Å². The number of benzene rings is 2. The van der Waals surface area contributed by atoms with Gasteiger partial charge < -0.3 is 27.9 Å². The normalized spacial score (nSPS) is 10.4. The lowest BCUT2D eigenvalue weighted by atomic mass is 10.1. The van der Waals surface area contributed by atoms with Crippen LogP contribution in [0.25, 0.3) is 0 Å². The van der Waals surface area contributed by atoms with Crippen molar-refractivity contribution in [1.29, 1.82) is 5.26 Å². The first kappa shape index (κ1) is 24.5. The van der Waals surface area contributed by atoms with Gasteiger partial charge >= 0.3 is 0 Å². The van der Waals surface area contributed by atoms with Gasteiger partial charge in [0.2, 0.25) is 0 Å². The predicted octanol–water partition coefficient (Wildman–Crippen LogP) is 1.21. The molecular formula is C21H23ClN5O3-. The Labute approximate surface area is 181 Å². The fourth-order valence-corrected chi connectivity index (χ4v) is 2.76. The second-order valence-electron chi connectivity index (χ2n) is 6.24. The van der Waals surface area contributed by atoms with Crippen LogP contribution >= 0.6 is 0 Å². The number of aryl methyl sites for hydroxylation is 1. The zero-order chi connectivity index (χ0) is 21.4. The molecule has 2 N–H and O–H groups in total. The number of anilines is 3. The molecule has 2 aromatic carbocycles. The first-order valence-electron chi connectivity index (χ1n) is 9.17. The van der Waals surface area contributed by atoms with E-state index in [4.69, 9.17) is 0 Å². The van der Waals surface area contributed by atoms with Crippen molar-refractivity contribution in [3.63, 3.8) is 0 Å². The van der Waals surface area contributed by atoms with Crippen LogP contribution in [0.4, 0.5) is 22.7 Å². The molecule has 0 aliphatic carbocycles. The minimum Gasteiger partial charge on any atom is -1.00 e. The number of non-ortho nitro benzene ring substituents is 1. The van der Waals surface area contributed by atoms with Crippen molar-refractivity contribution < 1.29 is 22.1 Å². The first-order valence-corrected chi connectivity index (χ1v) is 9.17. The van der Waals surface area contributed by atoms with Crippen LogP contribution in [0.1, 0.15) is 19.4 Å². The van der Waals surface area contributed by atoms with Crippen molar-refractivity contribution in [1.82, 2.24) is 0 Å². The SMILES string of the molecule is CCN(CC)c1ccc(N/C=C(/C#N)C(=O)Nc2ccc([N+](=O)[O-])cc2)c(C)c1.[Cl-]. The van der Waals surface area contributed by atoms with E-state index >= 15 is 0 Å². The molecule has 2 aromatic rings. The van der Waals surface area contributed by atoms with Gasteiger partial charge in [0.15, 0.2) is 0 Å². The minimum absolute atomic E-state index is 0. The molecule has 0 radical (unpaired) electrons. The Morgan fingerprint density at radius 3 is 2.33 bits per heavy atom. The van der Waals surface area contributed by atoms with Gasteiger partial charge in [-0.15, -0.1) is 0 Å². The monoisotopic (exact) mass is 428 g/mol. The molecule has 0 atom stereocenters. The highest BCUT2D eigenvalue weighted by Gasteiger charge is 2.11. The third kappa shape index (κ3) is 6.22. The van der Waals surface area contributed by atoms with Crippen LogP contribution in [-0.4, -0.2) is 23.9 Å². The first-order chi connectivity index (χ1) is 13.9. The average molecular weight is 429 g/mol. The predicted molar refractivity (Wildman–Crippen MR) is 114 cm³/mol. The number of nitro benzene ring substituents is 1. The summed E-state index contributed by atoms with van der Waals surface area (Å²) in [6, 6.07) is 13.2. The molecule has 9 heteroatoms. The van der Waals surface area contributed by atoms with Crippen molar-refractivity contribution >= 4 is 28.7 Å². The highest BCUT2D eigenvalue weighted by molar-refractivity contribution is 6.06. The highest BCUT2D eigenvalue weighted by Crippen LogP contribution is 2.23. The molecule has 8 nitrogen and oxygen atoms in total. The molecule has 0 saturated carbocycles. The van der Waals surface area contributed by atoms with Crippen LogP contribution < -0.4 is 27.9 Å². The molecule has 158 valence electrons. The number of nitrogens with zero attached hydrogens (tertiary/aromatic N) is 3. The topological polar surface area (TPSA) is 111 Å². The number of carbonyl (C=O) groups excluding carboxylic acids is 1. The lowest BCUT2D eigenvalue weighted by Gasteiger charge is -2.22. The van der Waals surface area contributed by atoms with Gasteiger partial charge in [-0.2, -0.15) is 5.26 Å². The van der Waals surface area contributed by atoms with Crippen molar-refractivity contribution in [2.45, 2.75) is 20.8 Å². The third-order valence-electron chi connectivity index (χ3n) is 4.41. The number of nitrogens with one attached hydrogen (secondary N) is 2. The standard InChI is InChI=1S/C21H23N5O3.ClH/c1-4-25(5-2)19-10-11-20(15(3)12-19)23-14-16(13-22)21(27)24-17-6-8-18(9-7-17)26(28)29;/h6-12,14,23H,4-5H2,1-3H3,(H,24,27);1H/p-1/b16-14-;. The summed E-state index contributed by atoms with van der Waals surface area (Å²) in [6.45, 7) is 7.95. The second kappa shape index (κ2) is 11.4. The fraction of sp³-hybridized carbons (Fsp3) is 0.238. The fourth-order valence-electron chi connectivity index (χ4n) is 2.76. The summed E-state index contributed by atoms with van der Waals surface area (Å²) in [5.41, 5.74) is 3.05. The van der Waals surface area contributed by atoms with E-state index in [2.05, 4.69) is 29.4 Å². The molecule has 0 spiro atoms. The quantitative estimate of drug-likeness (QED) is 0.283. The van der Waals surface area contributed by atoms with Crippen LogP contribution in [0.5, 0.6) is 0 Å². The van der Waals surface area contributed by atoms with Gasteiger partial charge in [0, 0.05) is 48.5 Å². The number of nitro groups is 1. The number of amides is 1. The zero-order valence-electron chi connectivity index (χ0n) is 17.0. The Balaban J connectivity index is 0.00000450. The Kier molecular flexibility index (Phi) is 9.33. The van der Waals surface area contributed by atoms with E-state index in [1.54, 1.807) is 0 Å². The maximum absolute atomic E-state index is 12.3. The summed E-state index contributed by atoms with van der Waals surface area (Å²) < 4.78 is 0. The van der Waals surface area contributed by atoms with Crippen LogP contribution in [-0.2, 0) is 4.79 Å². The molecule has 0 aliphatic rings. The summed E-state index contributed by atoms with van der Waals surface area (Å²) >= 11 is 0. The summed E-state index contributed by atoms with van der Waals surface area (Å²) in [6.07, 6.45) is 1.35. The summed E-state index contributed by atoms with van der Waals surface area (Å²) in [7, 11) is 0. The van der Waals surface area contributed by atoms with E-state index in [0.717, 1.165) is 30.0 Å². The molecule has 0 saturated heterocycles. The summed E-state index contributed by atoms with van der Waals surface area (Å²) in [5.74, 6) is -0.605. The molecule has 0 heterocycles. The lowest BCUT2D eigenvalue weighted by Crippen LogP contribution is -3.00. The largest absolute Gasteiger partial charge is 1.00 e. The Hall–Kier alpha value is -3.57. The van der Waals surface area contributed by atoms with E-state index in [-0.39, 0.29) is 23.7 Å². The minimum atomic E-state index is -0.605. The Bertz CT molecular complexity index is 964. The van der Waals surface area contributed by atoms with Gasteiger partial charge in [0.05, 0.1) is 4.92 Å². The van der Waals surface area contributed by atoms with Crippen LogP contribution in [0.3, 0.4) is 0 Å². The highest BCUT2D eigenvalue weighted by atomic mass is 35.5. The van der Waals surface area contributed by atoms with E-state index in [9.17, 15) is 20.2 Å². The molecule has 30 heavy (non-hydrogen) atoms. The lowest BCUT2D eigenvalue weighted by molar-refractivity contribution is -0.384. The number of hydrogen-bond donors (Lipinski definition) is 2. The Morgan fingerprint density at radius 2 is 1.83 bits per heavy atom. The van der Waals surface area contributed by atoms with Crippen LogP contribution in [0.2, 0.25) is 0 Å². The van der Waals surface area contributed by atoms with Gasteiger partial charge in [0.1, 0.15) is 11.6 Å². The molecule has 0 bridgehead atoms. The molecule has 0 fully saturated rings. The van der Waals surface area contributed by atoms with Gasteiger partial charge in [-0.25, -0.2) is 0 Å². The molecule has 0 aromatic heterocycles. The number of carbonyl (C=O) groups is 1. The molecule has 0 unspecified atom stereocenters. The van der Waals surface area contributed by atoms with Crippen molar-refractivity contribution in [2.24, 2.45) is 0 Å².